The number of anilines is 1. The van der Waals surface area contributed by atoms with Crippen LogP contribution in [0.25, 0.3) is 10.2 Å². The van der Waals surface area contributed by atoms with Crippen molar-refractivity contribution in [2.24, 2.45) is 0 Å². The van der Waals surface area contributed by atoms with E-state index in [4.69, 9.17) is 9.97 Å². The Kier molecular flexibility index (Phi) is 4.66. The van der Waals surface area contributed by atoms with Gasteiger partial charge in [0.1, 0.15) is 16.5 Å². The van der Waals surface area contributed by atoms with E-state index in [-0.39, 0.29) is 0 Å². The van der Waals surface area contributed by atoms with E-state index in [1.165, 1.54) is 33.8 Å². The van der Waals surface area contributed by atoms with Crippen LogP contribution in [0.4, 0.5) is 5.82 Å². The quantitative estimate of drug-likeness (QED) is 0.881. The number of fused-ring (bicyclic) bond motifs is 1. The first-order valence-electron chi connectivity index (χ1n) is 7.34. The Balaban J connectivity index is 2.10. The molecule has 1 aliphatic rings. The molecule has 2 aromatic heterocycles. The van der Waals surface area contributed by atoms with E-state index in [0.717, 1.165) is 16.5 Å². The van der Waals surface area contributed by atoms with Gasteiger partial charge in [-0.1, -0.05) is 6.92 Å². The van der Waals surface area contributed by atoms with Crippen molar-refractivity contribution in [3.8, 4) is 0 Å². The first kappa shape index (κ1) is 15.4. The van der Waals surface area contributed by atoms with Gasteiger partial charge in [0.15, 0.2) is 0 Å². The summed E-state index contributed by atoms with van der Waals surface area (Å²) in [6, 6.07) is 0. The molecule has 2 unspecified atom stereocenters. The predicted molar refractivity (Wildman–Crippen MR) is 98.2 cm³/mol. The third-order valence-corrected chi connectivity index (χ3v) is 8.33. The highest BCUT2D eigenvalue weighted by Crippen LogP contribution is 2.44. The number of thiophene rings is 1. The van der Waals surface area contributed by atoms with Crippen LogP contribution in [0.15, 0.2) is 0 Å². The van der Waals surface area contributed by atoms with Crippen molar-refractivity contribution in [2.75, 3.05) is 23.9 Å². The monoisotopic (exact) mass is 339 g/mol. The number of aryl methyl sites for hydroxylation is 2. The molecule has 2 atom stereocenters. The summed E-state index contributed by atoms with van der Waals surface area (Å²) in [5.74, 6) is 4.45. The Hall–Kier alpha value is -0.460. The third-order valence-electron chi connectivity index (χ3n) is 3.99. The molecule has 0 radical (unpaired) electrons. The first-order chi connectivity index (χ1) is 10.2. The standard InChI is InChI=1S/C15H21N3S3/c1-5-10-12(20-7-6-19-10)14-17-13(16-4)11-8(2)9(3)21-15(11)18-14/h10,12H,5-7H2,1-4H3,(H,16,17,18). The summed E-state index contributed by atoms with van der Waals surface area (Å²) in [4.78, 5) is 12.3. The van der Waals surface area contributed by atoms with Crippen molar-refractivity contribution in [1.29, 1.82) is 0 Å². The molecule has 2 aromatic rings. The number of aromatic nitrogens is 2. The van der Waals surface area contributed by atoms with Crippen molar-refractivity contribution in [2.45, 2.75) is 37.7 Å². The van der Waals surface area contributed by atoms with E-state index in [2.05, 4.69) is 37.8 Å². The molecule has 3 nitrogen and oxygen atoms in total. The van der Waals surface area contributed by atoms with Crippen LogP contribution in [-0.4, -0.2) is 33.8 Å². The number of hydrogen-bond donors (Lipinski definition) is 1. The SMILES string of the molecule is CCC1SCCSC1c1nc(NC)c2c(C)c(C)sc2n1. The number of thioether (sulfide) groups is 2. The molecule has 0 aliphatic carbocycles. The third kappa shape index (κ3) is 2.78. The van der Waals surface area contributed by atoms with Gasteiger partial charge >= 0.3 is 0 Å². The Morgan fingerprint density at radius 1 is 1.19 bits per heavy atom. The van der Waals surface area contributed by atoms with Gasteiger partial charge in [0.25, 0.3) is 0 Å². The van der Waals surface area contributed by atoms with E-state index in [9.17, 15) is 0 Å². The molecule has 114 valence electrons. The topological polar surface area (TPSA) is 37.8 Å². The summed E-state index contributed by atoms with van der Waals surface area (Å²) in [5.41, 5.74) is 1.31. The molecule has 0 amide bonds. The summed E-state index contributed by atoms with van der Waals surface area (Å²) < 4.78 is 0. The van der Waals surface area contributed by atoms with Crippen molar-refractivity contribution < 1.29 is 0 Å². The van der Waals surface area contributed by atoms with Crippen LogP contribution in [-0.2, 0) is 0 Å². The molecule has 3 rings (SSSR count). The minimum absolute atomic E-state index is 0.424. The minimum Gasteiger partial charge on any atom is -0.372 e. The van der Waals surface area contributed by atoms with Gasteiger partial charge in [0.05, 0.1) is 10.6 Å². The molecule has 1 N–H and O–H groups in total. The number of hydrogen-bond acceptors (Lipinski definition) is 6. The largest absolute Gasteiger partial charge is 0.372 e. The highest BCUT2D eigenvalue weighted by molar-refractivity contribution is 8.06. The fourth-order valence-electron chi connectivity index (χ4n) is 2.72. The molecular weight excluding hydrogens is 318 g/mol. The summed E-state index contributed by atoms with van der Waals surface area (Å²) in [7, 11) is 1.96. The maximum atomic E-state index is 4.92. The van der Waals surface area contributed by atoms with Crippen molar-refractivity contribution in [1.82, 2.24) is 9.97 Å². The lowest BCUT2D eigenvalue weighted by Gasteiger charge is -2.28. The average Bonchev–Trinajstić information content (AvgIpc) is 2.81. The number of nitrogens with one attached hydrogen (secondary N) is 1. The minimum atomic E-state index is 0.424. The zero-order chi connectivity index (χ0) is 15.0. The fraction of sp³-hybridized carbons (Fsp3) is 0.600. The zero-order valence-corrected chi connectivity index (χ0v) is 15.3. The fourth-order valence-corrected chi connectivity index (χ4v) is 6.74. The lowest BCUT2D eigenvalue weighted by atomic mass is 10.2. The van der Waals surface area contributed by atoms with Gasteiger partial charge in [-0.05, 0) is 25.8 Å². The molecule has 0 spiro atoms. The summed E-state index contributed by atoms with van der Waals surface area (Å²) in [5, 5.41) is 5.53. The molecule has 0 bridgehead atoms. The maximum Gasteiger partial charge on any atom is 0.146 e. The average molecular weight is 340 g/mol. The van der Waals surface area contributed by atoms with Gasteiger partial charge in [-0.25, -0.2) is 9.97 Å². The number of rotatable bonds is 3. The molecule has 21 heavy (non-hydrogen) atoms. The molecule has 0 saturated carbocycles. The molecule has 1 saturated heterocycles. The lowest BCUT2D eigenvalue weighted by Crippen LogP contribution is -2.20. The van der Waals surface area contributed by atoms with Crippen LogP contribution in [0.1, 0.15) is 34.9 Å². The molecular formula is C15H21N3S3. The smallest absolute Gasteiger partial charge is 0.146 e. The predicted octanol–water partition coefficient (Wildman–Crippen LogP) is 4.65. The maximum absolute atomic E-state index is 4.92. The zero-order valence-electron chi connectivity index (χ0n) is 12.9. The van der Waals surface area contributed by atoms with Crippen LogP contribution in [0, 0.1) is 13.8 Å². The Morgan fingerprint density at radius 3 is 2.67 bits per heavy atom. The Bertz CT molecular complexity index is 653. The Morgan fingerprint density at radius 2 is 1.95 bits per heavy atom. The van der Waals surface area contributed by atoms with E-state index in [1.807, 2.05) is 18.8 Å². The molecule has 3 heterocycles. The van der Waals surface area contributed by atoms with Crippen molar-refractivity contribution in [3.63, 3.8) is 0 Å². The van der Waals surface area contributed by atoms with Crippen molar-refractivity contribution in [3.05, 3.63) is 16.3 Å². The van der Waals surface area contributed by atoms with E-state index < -0.39 is 0 Å². The van der Waals surface area contributed by atoms with Gasteiger partial charge in [0, 0.05) is 28.7 Å². The van der Waals surface area contributed by atoms with E-state index in [1.54, 1.807) is 11.3 Å². The second-order valence-corrected chi connectivity index (χ2v) is 9.05. The highest BCUT2D eigenvalue weighted by Gasteiger charge is 2.30. The lowest BCUT2D eigenvalue weighted by molar-refractivity contribution is 0.755. The molecule has 6 heteroatoms. The summed E-state index contributed by atoms with van der Waals surface area (Å²) in [6.07, 6.45) is 1.18. The molecule has 1 fully saturated rings. The summed E-state index contributed by atoms with van der Waals surface area (Å²) >= 11 is 5.88. The second kappa shape index (κ2) is 6.34. The van der Waals surface area contributed by atoms with Gasteiger partial charge in [-0.15, -0.1) is 23.1 Å². The van der Waals surface area contributed by atoms with Gasteiger partial charge in [-0.3, -0.25) is 0 Å². The van der Waals surface area contributed by atoms with Gasteiger partial charge < -0.3 is 5.32 Å². The normalized spacial score (nSPS) is 22.7. The molecule has 0 aromatic carbocycles. The van der Waals surface area contributed by atoms with Gasteiger partial charge in [0.2, 0.25) is 0 Å². The van der Waals surface area contributed by atoms with E-state index >= 15 is 0 Å². The first-order valence-corrected chi connectivity index (χ1v) is 10.3. The summed E-state index contributed by atoms with van der Waals surface area (Å²) in [6.45, 7) is 6.60. The number of nitrogens with zero attached hydrogens (tertiary/aromatic N) is 2. The molecule has 1 aliphatic heterocycles. The van der Waals surface area contributed by atoms with Crippen LogP contribution in [0.3, 0.4) is 0 Å². The van der Waals surface area contributed by atoms with Crippen LogP contribution >= 0.6 is 34.9 Å². The van der Waals surface area contributed by atoms with Crippen LogP contribution in [0.5, 0.6) is 0 Å². The van der Waals surface area contributed by atoms with E-state index in [0.29, 0.717) is 10.5 Å². The highest BCUT2D eigenvalue weighted by atomic mass is 32.2. The van der Waals surface area contributed by atoms with Gasteiger partial charge in [-0.2, -0.15) is 11.8 Å². The second-order valence-electron chi connectivity index (χ2n) is 5.25. The van der Waals surface area contributed by atoms with Crippen LogP contribution in [0.2, 0.25) is 0 Å². The van der Waals surface area contributed by atoms with Crippen LogP contribution < -0.4 is 5.32 Å². The van der Waals surface area contributed by atoms with Crippen molar-refractivity contribution >= 4 is 50.9 Å². The Labute approximate surface area is 138 Å².